The Balaban J connectivity index is 1.92. The van der Waals surface area contributed by atoms with Gasteiger partial charge in [-0.15, -0.1) is 0 Å². The summed E-state index contributed by atoms with van der Waals surface area (Å²) in [5.74, 6) is -2.88. The summed E-state index contributed by atoms with van der Waals surface area (Å²) in [7, 11) is 1.28. The van der Waals surface area contributed by atoms with Gasteiger partial charge in [0.2, 0.25) is 11.8 Å². The first kappa shape index (κ1) is 20.6. The minimum Gasteiger partial charge on any atom is -0.421 e. The molecule has 0 fully saturated rings. The molecule has 0 saturated heterocycles. The van der Waals surface area contributed by atoms with Gasteiger partial charge < -0.3 is 4.74 Å². The van der Waals surface area contributed by atoms with Crippen LogP contribution in [-0.2, 0) is 13.2 Å². The predicted octanol–water partition coefficient (Wildman–Crippen LogP) is 5.48. The highest BCUT2D eigenvalue weighted by Crippen LogP contribution is 2.33. The number of thioether (sulfide) groups is 1. The Hall–Kier alpha value is -3.13. The minimum atomic E-state index is -4.63. The Morgan fingerprint density at radius 3 is 2.38 bits per heavy atom. The van der Waals surface area contributed by atoms with Gasteiger partial charge in [0.15, 0.2) is 5.69 Å². The monoisotopic (exact) mass is 426 g/mol. The van der Waals surface area contributed by atoms with E-state index in [1.807, 2.05) is 6.07 Å². The van der Waals surface area contributed by atoms with Crippen LogP contribution in [-0.4, -0.2) is 20.5 Å². The van der Waals surface area contributed by atoms with Crippen LogP contribution in [0.25, 0.3) is 11.3 Å². The normalized spacial score (nSPS) is 11.5. The zero-order valence-corrected chi connectivity index (χ0v) is 15.4. The summed E-state index contributed by atoms with van der Waals surface area (Å²) in [4.78, 5) is 4.55. The van der Waals surface area contributed by atoms with Crippen molar-refractivity contribution in [2.45, 2.75) is 16.8 Å². The Bertz CT molecular complexity index is 1060. The molecule has 150 valence electrons. The van der Waals surface area contributed by atoms with Gasteiger partial charge in [-0.25, -0.2) is 9.67 Å². The van der Waals surface area contributed by atoms with E-state index in [1.54, 1.807) is 12.1 Å². The Labute approximate surface area is 165 Å². The molecule has 0 N–H and O–H groups in total. The maximum absolute atomic E-state index is 12.8. The zero-order chi connectivity index (χ0) is 21.2. The van der Waals surface area contributed by atoms with Crippen molar-refractivity contribution in [1.82, 2.24) is 14.8 Å². The number of aryl methyl sites for hydroxylation is 1. The molecular weight excluding hydrogens is 415 g/mol. The van der Waals surface area contributed by atoms with Crippen molar-refractivity contribution in [3.63, 3.8) is 0 Å². The first-order valence-electron chi connectivity index (χ1n) is 7.92. The third-order valence-corrected chi connectivity index (χ3v) is 4.37. The summed E-state index contributed by atoms with van der Waals surface area (Å²) in [6, 6.07) is 11.4. The first-order valence-corrected chi connectivity index (χ1v) is 8.80. The molecule has 0 bridgehead atoms. The molecule has 3 aromatic rings. The van der Waals surface area contributed by atoms with E-state index in [0.717, 1.165) is 10.7 Å². The lowest BCUT2D eigenvalue weighted by atomic mass is 10.1. The summed E-state index contributed by atoms with van der Waals surface area (Å²) in [5, 5.41) is 12.6. The lowest BCUT2D eigenvalue weighted by Gasteiger charge is -2.08. The lowest BCUT2D eigenvalue weighted by molar-refractivity contribution is -0.141. The number of pyridine rings is 1. The van der Waals surface area contributed by atoms with E-state index in [9.17, 15) is 27.2 Å². The highest BCUT2D eigenvalue weighted by atomic mass is 32.2. The third-order valence-electron chi connectivity index (χ3n) is 3.64. The van der Waals surface area contributed by atoms with E-state index in [-0.39, 0.29) is 17.3 Å². The fraction of sp³-hybridized carbons (Fsp3) is 0.167. The third kappa shape index (κ3) is 5.03. The first-order chi connectivity index (χ1) is 13.7. The van der Waals surface area contributed by atoms with Crippen molar-refractivity contribution >= 4 is 11.8 Å². The molecule has 0 saturated carbocycles. The number of aromatic nitrogens is 3. The number of benzene rings is 1. The van der Waals surface area contributed by atoms with E-state index < -0.39 is 17.6 Å². The summed E-state index contributed by atoms with van der Waals surface area (Å²) in [6.45, 7) is 0. The van der Waals surface area contributed by atoms with Gasteiger partial charge in [-0.3, -0.25) is 0 Å². The SMILES string of the molecule is Cn1nc(C(F)(F)F)cc1Oc1cc(C#N)cc(-c2ccc(SC(F)F)cc2)n1. The van der Waals surface area contributed by atoms with Crippen molar-refractivity contribution in [3.05, 3.63) is 53.7 Å². The molecular formula is C18H11F5N4OS. The number of alkyl halides is 5. The van der Waals surface area contributed by atoms with Gasteiger partial charge in [-0.1, -0.05) is 23.9 Å². The van der Waals surface area contributed by atoms with Crippen LogP contribution in [0.15, 0.2) is 47.4 Å². The van der Waals surface area contributed by atoms with Crippen LogP contribution in [0.4, 0.5) is 22.0 Å². The van der Waals surface area contributed by atoms with Gasteiger partial charge in [0.1, 0.15) is 0 Å². The molecule has 0 spiro atoms. The largest absolute Gasteiger partial charge is 0.435 e. The van der Waals surface area contributed by atoms with Crippen LogP contribution in [0.5, 0.6) is 11.8 Å². The topological polar surface area (TPSA) is 63.7 Å². The number of halogens is 5. The summed E-state index contributed by atoms with van der Waals surface area (Å²) < 4.78 is 69.6. The molecule has 2 aromatic heterocycles. The number of nitrogens with zero attached hydrogens (tertiary/aromatic N) is 4. The Morgan fingerprint density at radius 2 is 1.83 bits per heavy atom. The second kappa shape index (κ2) is 8.08. The molecule has 0 aliphatic rings. The van der Waals surface area contributed by atoms with Crippen molar-refractivity contribution in [3.8, 4) is 29.1 Å². The van der Waals surface area contributed by atoms with Crippen LogP contribution in [0, 0.1) is 11.3 Å². The van der Waals surface area contributed by atoms with Gasteiger partial charge in [-0.05, 0) is 18.2 Å². The molecule has 0 aliphatic heterocycles. The molecule has 2 heterocycles. The highest BCUT2D eigenvalue weighted by molar-refractivity contribution is 7.99. The lowest BCUT2D eigenvalue weighted by Crippen LogP contribution is -2.06. The quantitative estimate of drug-likeness (QED) is 0.399. The molecule has 0 amide bonds. The number of ether oxygens (including phenoxy) is 1. The van der Waals surface area contributed by atoms with Gasteiger partial charge in [0.05, 0.1) is 17.3 Å². The van der Waals surface area contributed by atoms with Crippen molar-refractivity contribution in [2.24, 2.45) is 7.05 Å². The molecule has 3 rings (SSSR count). The van der Waals surface area contributed by atoms with E-state index in [2.05, 4.69) is 10.1 Å². The number of hydrogen-bond acceptors (Lipinski definition) is 5. The molecule has 29 heavy (non-hydrogen) atoms. The van der Waals surface area contributed by atoms with Crippen LogP contribution in [0.2, 0.25) is 0 Å². The molecule has 0 aliphatic carbocycles. The predicted molar refractivity (Wildman–Crippen MR) is 94.5 cm³/mol. The molecule has 1 aromatic carbocycles. The fourth-order valence-electron chi connectivity index (χ4n) is 2.37. The zero-order valence-electron chi connectivity index (χ0n) is 14.6. The summed E-state index contributed by atoms with van der Waals surface area (Å²) in [5.41, 5.74) is -0.148. The Morgan fingerprint density at radius 1 is 1.14 bits per heavy atom. The van der Waals surface area contributed by atoms with E-state index in [4.69, 9.17) is 4.74 Å². The van der Waals surface area contributed by atoms with Crippen LogP contribution in [0.3, 0.4) is 0 Å². The van der Waals surface area contributed by atoms with Crippen molar-refractivity contribution in [2.75, 3.05) is 0 Å². The Kier molecular flexibility index (Phi) is 5.74. The number of hydrogen-bond donors (Lipinski definition) is 0. The molecule has 5 nitrogen and oxygen atoms in total. The van der Waals surface area contributed by atoms with Gasteiger partial charge in [-0.2, -0.15) is 32.3 Å². The van der Waals surface area contributed by atoms with Crippen LogP contribution in [0.1, 0.15) is 11.3 Å². The average molecular weight is 426 g/mol. The second-order valence-corrected chi connectivity index (χ2v) is 6.75. The van der Waals surface area contributed by atoms with E-state index in [1.165, 1.54) is 31.3 Å². The van der Waals surface area contributed by atoms with Crippen LogP contribution >= 0.6 is 11.8 Å². The molecule has 0 radical (unpaired) electrons. The molecule has 11 heteroatoms. The van der Waals surface area contributed by atoms with Gasteiger partial charge in [0, 0.05) is 29.6 Å². The standard InChI is InChI=1S/C18H11F5N4OS/c1-27-16(8-14(26-27)18(21,22)23)28-15-7-10(9-24)6-13(25-15)11-2-4-12(5-3-11)29-17(19)20/h2-8,17H,1H3. The van der Waals surface area contributed by atoms with Crippen molar-refractivity contribution < 1.29 is 26.7 Å². The van der Waals surface area contributed by atoms with Gasteiger partial charge in [0.25, 0.3) is 5.76 Å². The number of rotatable bonds is 5. The van der Waals surface area contributed by atoms with E-state index in [0.29, 0.717) is 27.9 Å². The fourth-order valence-corrected chi connectivity index (χ4v) is 2.87. The smallest absolute Gasteiger partial charge is 0.421 e. The van der Waals surface area contributed by atoms with Gasteiger partial charge >= 0.3 is 6.18 Å². The summed E-state index contributed by atoms with van der Waals surface area (Å²) in [6.07, 6.45) is -4.63. The average Bonchev–Trinajstić information content (AvgIpc) is 3.02. The summed E-state index contributed by atoms with van der Waals surface area (Å²) >= 11 is 0.388. The van der Waals surface area contributed by atoms with E-state index >= 15 is 0 Å². The molecule has 0 atom stereocenters. The molecule has 0 unspecified atom stereocenters. The highest BCUT2D eigenvalue weighted by Gasteiger charge is 2.35. The maximum atomic E-state index is 12.8. The second-order valence-electron chi connectivity index (χ2n) is 5.69. The van der Waals surface area contributed by atoms with Crippen molar-refractivity contribution in [1.29, 1.82) is 5.26 Å². The minimum absolute atomic E-state index is 0.109. The maximum Gasteiger partial charge on any atom is 0.435 e. The number of nitriles is 1. The van der Waals surface area contributed by atoms with Crippen LogP contribution < -0.4 is 4.74 Å².